The van der Waals surface area contributed by atoms with Gasteiger partial charge in [-0.15, -0.1) is 0 Å². The third kappa shape index (κ3) is 6.21. The normalized spacial score (nSPS) is 10.6. The summed E-state index contributed by atoms with van der Waals surface area (Å²) in [5.74, 6) is 0. The highest BCUT2D eigenvalue weighted by Gasteiger charge is 1.95. The van der Waals surface area contributed by atoms with Crippen molar-refractivity contribution in [3.05, 3.63) is 24.5 Å². The molecule has 0 aliphatic rings. The maximum atomic E-state index is 5.35. The summed E-state index contributed by atoms with van der Waals surface area (Å²) in [6, 6.07) is 0. The Hall–Kier alpha value is -1.17. The number of aromatic nitrogens is 2. The molecule has 0 atom stereocenters. The first-order chi connectivity index (χ1) is 8.36. The zero-order chi connectivity index (χ0) is 12.3. The third-order valence-electron chi connectivity index (χ3n) is 2.25. The van der Waals surface area contributed by atoms with Crippen LogP contribution in [0, 0.1) is 0 Å². The molecule has 0 bridgehead atoms. The number of nitrogens with zero attached hydrogens (tertiary/aromatic N) is 2. The topological polar surface area (TPSA) is 48.3 Å². The van der Waals surface area contributed by atoms with Gasteiger partial charge in [0.05, 0.1) is 19.4 Å². The molecule has 0 saturated heterocycles. The van der Waals surface area contributed by atoms with Crippen molar-refractivity contribution in [2.24, 2.45) is 0 Å². The van der Waals surface area contributed by atoms with Gasteiger partial charge in [-0.05, 0) is 13.0 Å². The van der Waals surface area contributed by atoms with Gasteiger partial charge >= 0.3 is 0 Å². The van der Waals surface area contributed by atoms with E-state index in [2.05, 4.69) is 17.0 Å². The van der Waals surface area contributed by atoms with E-state index in [0.29, 0.717) is 13.2 Å². The fourth-order valence-electron chi connectivity index (χ4n) is 1.34. The Morgan fingerprint density at radius 2 is 2.35 bits per heavy atom. The van der Waals surface area contributed by atoms with Gasteiger partial charge in [-0.25, -0.2) is 4.68 Å². The van der Waals surface area contributed by atoms with Crippen LogP contribution in [0.5, 0.6) is 0 Å². The lowest BCUT2D eigenvalue weighted by molar-refractivity contribution is 0.0695. The Balaban J connectivity index is 1.95. The van der Waals surface area contributed by atoms with E-state index in [1.807, 2.05) is 12.4 Å². The Morgan fingerprint density at radius 1 is 1.47 bits per heavy atom. The van der Waals surface area contributed by atoms with Crippen molar-refractivity contribution in [1.82, 2.24) is 15.1 Å². The molecule has 0 amide bonds. The zero-order valence-electron chi connectivity index (χ0n) is 10.4. The maximum Gasteiger partial charge on any atom is 0.0700 e. The SMILES string of the molecule is C=Cn1cc(CNCCCOCCOC)cn1. The molecule has 0 aliphatic carbocycles. The van der Waals surface area contributed by atoms with E-state index < -0.39 is 0 Å². The van der Waals surface area contributed by atoms with Crippen LogP contribution in [0.15, 0.2) is 19.0 Å². The Morgan fingerprint density at radius 3 is 3.06 bits per heavy atom. The van der Waals surface area contributed by atoms with E-state index in [1.165, 1.54) is 0 Å². The quantitative estimate of drug-likeness (QED) is 0.622. The number of hydrogen-bond donors (Lipinski definition) is 1. The van der Waals surface area contributed by atoms with Crippen LogP contribution in [0.25, 0.3) is 6.20 Å². The monoisotopic (exact) mass is 239 g/mol. The second-order valence-electron chi connectivity index (χ2n) is 3.65. The first-order valence-electron chi connectivity index (χ1n) is 5.80. The van der Waals surface area contributed by atoms with E-state index in [-0.39, 0.29) is 0 Å². The predicted octanol–water partition coefficient (Wildman–Crippen LogP) is 1.13. The van der Waals surface area contributed by atoms with Gasteiger partial charge in [0.1, 0.15) is 0 Å². The van der Waals surface area contributed by atoms with Gasteiger partial charge < -0.3 is 14.8 Å². The molecule has 0 spiro atoms. The van der Waals surface area contributed by atoms with Gasteiger partial charge in [0.25, 0.3) is 0 Å². The van der Waals surface area contributed by atoms with Crippen molar-refractivity contribution in [2.75, 3.05) is 33.5 Å². The summed E-state index contributed by atoms with van der Waals surface area (Å²) in [7, 11) is 1.67. The minimum absolute atomic E-state index is 0.661. The van der Waals surface area contributed by atoms with Crippen LogP contribution in [0.1, 0.15) is 12.0 Å². The van der Waals surface area contributed by atoms with E-state index >= 15 is 0 Å². The van der Waals surface area contributed by atoms with Gasteiger partial charge in [-0.1, -0.05) is 6.58 Å². The molecule has 1 heterocycles. The summed E-state index contributed by atoms with van der Waals surface area (Å²) in [6.07, 6.45) is 6.46. The Bertz CT molecular complexity index is 312. The average Bonchev–Trinajstić information content (AvgIpc) is 2.80. The average molecular weight is 239 g/mol. The standard InChI is InChI=1S/C12H21N3O2/c1-3-15-11-12(10-14-15)9-13-5-4-6-17-8-7-16-2/h3,10-11,13H,1,4-9H2,2H3. The Labute approximate surface area is 102 Å². The predicted molar refractivity (Wildman–Crippen MR) is 67.6 cm³/mol. The summed E-state index contributed by atoms with van der Waals surface area (Å²) in [6.45, 7) is 7.50. The summed E-state index contributed by atoms with van der Waals surface area (Å²) in [5.41, 5.74) is 1.16. The number of methoxy groups -OCH3 is 1. The number of nitrogens with one attached hydrogen (secondary N) is 1. The summed E-state index contributed by atoms with van der Waals surface area (Å²) in [5, 5.41) is 7.43. The molecular formula is C12H21N3O2. The second-order valence-corrected chi connectivity index (χ2v) is 3.65. The Kier molecular flexibility index (Phi) is 7.29. The summed E-state index contributed by atoms with van der Waals surface area (Å²) >= 11 is 0. The summed E-state index contributed by atoms with van der Waals surface area (Å²) in [4.78, 5) is 0. The molecule has 5 nitrogen and oxygen atoms in total. The molecule has 0 aromatic carbocycles. The lowest BCUT2D eigenvalue weighted by atomic mass is 10.3. The van der Waals surface area contributed by atoms with Crippen LogP contribution in [-0.2, 0) is 16.0 Å². The summed E-state index contributed by atoms with van der Waals surface area (Å²) < 4.78 is 11.9. The molecule has 1 aromatic rings. The van der Waals surface area contributed by atoms with Crippen LogP contribution in [0.2, 0.25) is 0 Å². The molecule has 1 N–H and O–H groups in total. The van der Waals surface area contributed by atoms with Gasteiger partial charge in [-0.3, -0.25) is 0 Å². The van der Waals surface area contributed by atoms with Crippen molar-refractivity contribution < 1.29 is 9.47 Å². The van der Waals surface area contributed by atoms with Gasteiger partial charge in [0, 0.05) is 38.2 Å². The van der Waals surface area contributed by atoms with Crippen LogP contribution in [0.4, 0.5) is 0 Å². The number of rotatable bonds is 10. The van der Waals surface area contributed by atoms with Crippen molar-refractivity contribution in [2.45, 2.75) is 13.0 Å². The minimum Gasteiger partial charge on any atom is -0.382 e. The molecule has 5 heteroatoms. The van der Waals surface area contributed by atoms with E-state index in [9.17, 15) is 0 Å². The number of ether oxygens (including phenoxy) is 2. The largest absolute Gasteiger partial charge is 0.382 e. The van der Waals surface area contributed by atoms with Crippen molar-refractivity contribution in [1.29, 1.82) is 0 Å². The molecule has 1 aromatic heterocycles. The van der Waals surface area contributed by atoms with Crippen molar-refractivity contribution in [3.63, 3.8) is 0 Å². The molecule has 0 aliphatic heterocycles. The van der Waals surface area contributed by atoms with E-state index in [1.54, 1.807) is 18.0 Å². The molecule has 0 radical (unpaired) electrons. The molecular weight excluding hydrogens is 218 g/mol. The highest BCUT2D eigenvalue weighted by atomic mass is 16.5. The highest BCUT2D eigenvalue weighted by molar-refractivity contribution is 5.17. The smallest absolute Gasteiger partial charge is 0.0700 e. The zero-order valence-corrected chi connectivity index (χ0v) is 10.4. The van der Waals surface area contributed by atoms with E-state index in [0.717, 1.165) is 31.7 Å². The highest BCUT2D eigenvalue weighted by Crippen LogP contribution is 1.96. The van der Waals surface area contributed by atoms with Crippen LogP contribution in [-0.4, -0.2) is 43.3 Å². The lowest BCUT2D eigenvalue weighted by Gasteiger charge is -2.04. The van der Waals surface area contributed by atoms with Crippen LogP contribution < -0.4 is 5.32 Å². The molecule has 0 saturated carbocycles. The molecule has 1 rings (SSSR count). The minimum atomic E-state index is 0.661. The maximum absolute atomic E-state index is 5.35. The van der Waals surface area contributed by atoms with Crippen LogP contribution >= 0.6 is 0 Å². The fourth-order valence-corrected chi connectivity index (χ4v) is 1.34. The third-order valence-corrected chi connectivity index (χ3v) is 2.25. The van der Waals surface area contributed by atoms with E-state index in [4.69, 9.17) is 9.47 Å². The molecule has 0 fully saturated rings. The molecule has 17 heavy (non-hydrogen) atoms. The van der Waals surface area contributed by atoms with Crippen molar-refractivity contribution >= 4 is 6.20 Å². The first kappa shape index (κ1) is 13.9. The number of hydrogen-bond acceptors (Lipinski definition) is 4. The lowest BCUT2D eigenvalue weighted by Crippen LogP contribution is -2.16. The first-order valence-corrected chi connectivity index (χ1v) is 5.80. The van der Waals surface area contributed by atoms with Gasteiger partial charge in [-0.2, -0.15) is 5.10 Å². The molecule has 96 valence electrons. The van der Waals surface area contributed by atoms with Gasteiger partial charge in [0.15, 0.2) is 0 Å². The van der Waals surface area contributed by atoms with Crippen molar-refractivity contribution in [3.8, 4) is 0 Å². The fraction of sp³-hybridized carbons (Fsp3) is 0.583. The second kappa shape index (κ2) is 8.92. The van der Waals surface area contributed by atoms with Crippen LogP contribution in [0.3, 0.4) is 0 Å². The van der Waals surface area contributed by atoms with Gasteiger partial charge in [0.2, 0.25) is 0 Å². The molecule has 0 unspecified atom stereocenters.